The molecule has 0 saturated heterocycles. The lowest BCUT2D eigenvalue weighted by Gasteiger charge is -2.30. The second-order valence-corrected chi connectivity index (χ2v) is 10.6. The first-order chi connectivity index (χ1) is 16.0. The average molecular weight is 471 g/mol. The van der Waals surface area contributed by atoms with Crippen molar-refractivity contribution in [2.45, 2.75) is 99.7 Å². The van der Waals surface area contributed by atoms with E-state index in [0.717, 1.165) is 49.1 Å². The highest BCUT2D eigenvalue weighted by atomic mass is 32.2. The summed E-state index contributed by atoms with van der Waals surface area (Å²) in [5.74, 6) is 0.813. The summed E-state index contributed by atoms with van der Waals surface area (Å²) in [6.07, 6.45) is 11.6. The quantitative estimate of drug-likeness (QED) is 0.504. The number of amides is 2. The van der Waals surface area contributed by atoms with E-state index in [0.29, 0.717) is 23.4 Å². The van der Waals surface area contributed by atoms with Gasteiger partial charge in [-0.3, -0.25) is 9.59 Å². The Kier molecular flexibility index (Phi) is 8.06. The third-order valence-corrected chi connectivity index (χ3v) is 8.01. The maximum atomic E-state index is 12.7. The molecule has 0 aliphatic heterocycles. The van der Waals surface area contributed by atoms with Gasteiger partial charge >= 0.3 is 0 Å². The Labute approximate surface area is 199 Å². The van der Waals surface area contributed by atoms with Crippen LogP contribution in [-0.4, -0.2) is 27.2 Å². The molecule has 2 aliphatic carbocycles. The fourth-order valence-corrected chi connectivity index (χ4v) is 6.25. The Morgan fingerprint density at radius 3 is 2.55 bits per heavy atom. The summed E-state index contributed by atoms with van der Waals surface area (Å²) in [6.45, 7) is 1.53. The van der Waals surface area contributed by atoms with Gasteiger partial charge < -0.3 is 15.2 Å². The predicted octanol–water partition coefficient (Wildman–Crippen LogP) is 5.36. The van der Waals surface area contributed by atoms with E-state index in [9.17, 15) is 9.59 Å². The fraction of sp³-hybridized carbons (Fsp3) is 0.600. The minimum atomic E-state index is -0.567. The van der Waals surface area contributed by atoms with Gasteiger partial charge in [0.2, 0.25) is 17.7 Å². The minimum Gasteiger partial charge on any atom is -0.343 e. The van der Waals surface area contributed by atoms with Crippen LogP contribution in [0.4, 0.5) is 5.69 Å². The van der Waals surface area contributed by atoms with Crippen molar-refractivity contribution in [2.75, 3.05) is 5.32 Å². The minimum absolute atomic E-state index is 0.0692. The highest BCUT2D eigenvalue weighted by molar-refractivity contribution is 8.00. The molecule has 0 spiro atoms. The Bertz CT molecular complexity index is 947. The maximum absolute atomic E-state index is 12.7. The van der Waals surface area contributed by atoms with Gasteiger partial charge in [-0.15, -0.1) is 11.8 Å². The molecule has 8 heteroatoms. The van der Waals surface area contributed by atoms with Gasteiger partial charge in [-0.1, -0.05) is 55.8 Å². The number of carbonyl (C=O) groups excluding carboxylic acids is 2. The molecule has 2 aliphatic rings. The molecule has 2 saturated carbocycles. The van der Waals surface area contributed by atoms with Crippen molar-refractivity contribution in [1.29, 1.82) is 0 Å². The third kappa shape index (κ3) is 6.37. The van der Waals surface area contributed by atoms with Gasteiger partial charge in [0.1, 0.15) is 5.54 Å². The van der Waals surface area contributed by atoms with E-state index in [-0.39, 0.29) is 18.2 Å². The van der Waals surface area contributed by atoms with Crippen LogP contribution >= 0.6 is 11.8 Å². The molecular weight excluding hydrogens is 436 g/mol. The number of rotatable bonds is 8. The number of carbonyl (C=O) groups is 2. The molecule has 2 fully saturated rings. The van der Waals surface area contributed by atoms with Crippen LogP contribution in [0.5, 0.6) is 0 Å². The lowest BCUT2D eigenvalue weighted by atomic mass is 9.89. The van der Waals surface area contributed by atoms with E-state index in [1.807, 2.05) is 30.0 Å². The van der Waals surface area contributed by atoms with Crippen LogP contribution in [0.3, 0.4) is 0 Å². The molecule has 33 heavy (non-hydrogen) atoms. The first-order valence-corrected chi connectivity index (χ1v) is 13.1. The standard InChI is InChI=1S/C25H34N4O3S/c1-18(30)28-25(16-8-2-3-9-17-25)24-27-23(32-29-24)15-14-22(31)26-20-12-6-7-13-21(20)33-19-10-4-5-11-19/h6-7,12-13,19H,2-5,8-11,14-17H2,1H3,(H,26,31)(H,28,30). The van der Waals surface area contributed by atoms with E-state index in [2.05, 4.69) is 26.8 Å². The number of nitrogens with one attached hydrogen (secondary N) is 2. The second-order valence-electron chi connectivity index (χ2n) is 9.26. The molecule has 0 bridgehead atoms. The van der Waals surface area contributed by atoms with Gasteiger partial charge in [-0.2, -0.15) is 4.98 Å². The summed E-state index contributed by atoms with van der Waals surface area (Å²) in [5, 5.41) is 11.0. The SMILES string of the molecule is CC(=O)NC1(c2noc(CCC(=O)Nc3ccccc3SC3CCCC3)n2)CCCCCC1. The molecule has 0 atom stereocenters. The first kappa shape index (κ1) is 23.8. The Balaban J connectivity index is 1.36. The van der Waals surface area contributed by atoms with Crippen LogP contribution in [-0.2, 0) is 21.5 Å². The molecule has 7 nitrogen and oxygen atoms in total. The van der Waals surface area contributed by atoms with Gasteiger partial charge in [-0.25, -0.2) is 0 Å². The van der Waals surface area contributed by atoms with Crippen LogP contribution < -0.4 is 10.6 Å². The number of hydrogen-bond acceptors (Lipinski definition) is 6. The zero-order chi connectivity index (χ0) is 23.1. The normalized spacial score (nSPS) is 18.6. The number of aromatic nitrogens is 2. The van der Waals surface area contributed by atoms with Gasteiger partial charge in [0.05, 0.1) is 5.69 Å². The number of thioether (sulfide) groups is 1. The molecule has 178 valence electrons. The largest absolute Gasteiger partial charge is 0.343 e. The van der Waals surface area contributed by atoms with Crippen molar-refractivity contribution in [3.63, 3.8) is 0 Å². The van der Waals surface area contributed by atoms with Crippen LogP contribution in [0.1, 0.15) is 89.3 Å². The number of hydrogen-bond donors (Lipinski definition) is 2. The molecule has 1 aromatic carbocycles. The number of nitrogens with zero attached hydrogens (tertiary/aromatic N) is 2. The van der Waals surface area contributed by atoms with Crippen molar-refractivity contribution in [3.05, 3.63) is 36.0 Å². The molecule has 0 unspecified atom stereocenters. The van der Waals surface area contributed by atoms with Gasteiger partial charge in [0.15, 0.2) is 5.82 Å². The summed E-state index contributed by atoms with van der Waals surface area (Å²) < 4.78 is 5.48. The first-order valence-electron chi connectivity index (χ1n) is 12.2. The Morgan fingerprint density at radius 1 is 1.09 bits per heavy atom. The second kappa shape index (κ2) is 11.2. The van der Waals surface area contributed by atoms with Crippen LogP contribution in [0.2, 0.25) is 0 Å². The summed E-state index contributed by atoms with van der Waals surface area (Å²) in [5.41, 5.74) is 0.302. The lowest BCUT2D eigenvalue weighted by Crippen LogP contribution is -2.45. The topological polar surface area (TPSA) is 97.1 Å². The highest BCUT2D eigenvalue weighted by Crippen LogP contribution is 2.38. The number of para-hydroxylation sites is 1. The monoisotopic (exact) mass is 470 g/mol. The molecule has 0 radical (unpaired) electrons. The summed E-state index contributed by atoms with van der Waals surface area (Å²) in [6, 6.07) is 8.01. The number of benzene rings is 1. The zero-order valence-corrected chi connectivity index (χ0v) is 20.2. The van der Waals surface area contributed by atoms with Crippen molar-refractivity contribution < 1.29 is 14.1 Å². The van der Waals surface area contributed by atoms with E-state index in [1.165, 1.54) is 32.6 Å². The summed E-state index contributed by atoms with van der Waals surface area (Å²) >= 11 is 1.87. The van der Waals surface area contributed by atoms with Gasteiger partial charge in [0, 0.05) is 29.9 Å². The zero-order valence-electron chi connectivity index (χ0n) is 19.4. The van der Waals surface area contributed by atoms with E-state index in [1.54, 1.807) is 0 Å². The van der Waals surface area contributed by atoms with Gasteiger partial charge in [0.25, 0.3) is 0 Å². The molecule has 2 aromatic rings. The number of aryl methyl sites for hydroxylation is 1. The predicted molar refractivity (Wildman–Crippen MR) is 129 cm³/mol. The molecule has 1 aromatic heterocycles. The van der Waals surface area contributed by atoms with Crippen molar-refractivity contribution in [2.24, 2.45) is 0 Å². The van der Waals surface area contributed by atoms with Crippen molar-refractivity contribution >= 4 is 29.3 Å². The summed E-state index contributed by atoms with van der Waals surface area (Å²) in [7, 11) is 0. The smallest absolute Gasteiger partial charge is 0.227 e. The number of anilines is 1. The van der Waals surface area contributed by atoms with Crippen molar-refractivity contribution in [3.8, 4) is 0 Å². The van der Waals surface area contributed by atoms with Crippen LogP contribution in [0.15, 0.2) is 33.7 Å². The van der Waals surface area contributed by atoms with Gasteiger partial charge in [-0.05, 0) is 37.8 Å². The Hall–Kier alpha value is -2.35. The van der Waals surface area contributed by atoms with E-state index in [4.69, 9.17) is 4.52 Å². The molecule has 1 heterocycles. The molecule has 2 N–H and O–H groups in total. The third-order valence-electron chi connectivity index (χ3n) is 6.59. The molecule has 4 rings (SSSR count). The lowest BCUT2D eigenvalue weighted by molar-refractivity contribution is -0.121. The van der Waals surface area contributed by atoms with E-state index < -0.39 is 5.54 Å². The highest BCUT2D eigenvalue weighted by Gasteiger charge is 2.38. The fourth-order valence-electron chi connectivity index (χ4n) is 4.92. The molecule has 2 amide bonds. The van der Waals surface area contributed by atoms with Crippen molar-refractivity contribution in [1.82, 2.24) is 15.5 Å². The maximum Gasteiger partial charge on any atom is 0.227 e. The van der Waals surface area contributed by atoms with E-state index >= 15 is 0 Å². The Morgan fingerprint density at radius 2 is 1.82 bits per heavy atom. The summed E-state index contributed by atoms with van der Waals surface area (Å²) in [4.78, 5) is 30.3. The molecular formula is C25H34N4O3S. The van der Waals surface area contributed by atoms with Crippen LogP contribution in [0.25, 0.3) is 0 Å². The average Bonchev–Trinajstić information content (AvgIpc) is 3.43. The van der Waals surface area contributed by atoms with Crippen LogP contribution in [0, 0.1) is 0 Å².